The molecular formula is C16H33N3. The highest BCUT2D eigenvalue weighted by Gasteiger charge is 2.38. The second-order valence-corrected chi connectivity index (χ2v) is 6.68. The van der Waals surface area contributed by atoms with Crippen molar-refractivity contribution in [2.24, 2.45) is 11.8 Å². The van der Waals surface area contributed by atoms with Gasteiger partial charge in [0.05, 0.1) is 0 Å². The zero-order chi connectivity index (χ0) is 13.8. The Balaban J connectivity index is 1.98. The van der Waals surface area contributed by atoms with E-state index in [1.165, 1.54) is 45.6 Å². The van der Waals surface area contributed by atoms with Crippen molar-refractivity contribution in [1.29, 1.82) is 0 Å². The molecule has 1 N–H and O–H groups in total. The first-order valence-electron chi connectivity index (χ1n) is 8.35. The molecule has 19 heavy (non-hydrogen) atoms. The van der Waals surface area contributed by atoms with Crippen molar-refractivity contribution in [1.82, 2.24) is 15.1 Å². The molecule has 0 radical (unpaired) electrons. The molecule has 2 rings (SSSR count). The van der Waals surface area contributed by atoms with E-state index in [1.54, 1.807) is 0 Å². The summed E-state index contributed by atoms with van der Waals surface area (Å²) in [6.07, 6.45) is 2.76. The van der Waals surface area contributed by atoms with Crippen molar-refractivity contribution < 1.29 is 0 Å². The van der Waals surface area contributed by atoms with Crippen molar-refractivity contribution in [2.75, 3.05) is 39.3 Å². The zero-order valence-corrected chi connectivity index (χ0v) is 13.4. The Hall–Kier alpha value is -0.120. The summed E-state index contributed by atoms with van der Waals surface area (Å²) in [7, 11) is 0. The Labute approximate surface area is 119 Å². The standard InChI is InChI=1S/C16H33N3/c1-5-17-15-12-13(3)11-14(4)16(15)19-9-7-18(6-2)8-10-19/h13-17H,5-12H2,1-4H3. The fourth-order valence-electron chi connectivity index (χ4n) is 4.30. The van der Waals surface area contributed by atoms with Crippen LogP contribution in [0.4, 0.5) is 0 Å². The van der Waals surface area contributed by atoms with Gasteiger partial charge in [-0.2, -0.15) is 0 Å². The molecule has 1 aliphatic carbocycles. The van der Waals surface area contributed by atoms with Crippen molar-refractivity contribution in [3.05, 3.63) is 0 Å². The molecule has 4 atom stereocenters. The number of nitrogens with one attached hydrogen (secondary N) is 1. The van der Waals surface area contributed by atoms with Gasteiger partial charge in [0, 0.05) is 38.3 Å². The molecule has 1 saturated carbocycles. The van der Waals surface area contributed by atoms with E-state index in [0.29, 0.717) is 6.04 Å². The van der Waals surface area contributed by atoms with E-state index in [9.17, 15) is 0 Å². The third-order valence-corrected chi connectivity index (χ3v) is 5.17. The molecule has 4 unspecified atom stereocenters. The lowest BCUT2D eigenvalue weighted by atomic mass is 9.75. The van der Waals surface area contributed by atoms with Crippen molar-refractivity contribution in [3.63, 3.8) is 0 Å². The fourth-order valence-corrected chi connectivity index (χ4v) is 4.30. The monoisotopic (exact) mass is 267 g/mol. The summed E-state index contributed by atoms with van der Waals surface area (Å²) >= 11 is 0. The molecule has 2 fully saturated rings. The molecule has 3 nitrogen and oxygen atoms in total. The van der Waals surface area contributed by atoms with Gasteiger partial charge < -0.3 is 10.2 Å². The van der Waals surface area contributed by atoms with Gasteiger partial charge in [0.2, 0.25) is 0 Å². The molecule has 0 aromatic carbocycles. The van der Waals surface area contributed by atoms with Gasteiger partial charge in [-0.05, 0) is 37.8 Å². The summed E-state index contributed by atoms with van der Waals surface area (Å²) in [6.45, 7) is 16.8. The van der Waals surface area contributed by atoms with Gasteiger partial charge in [-0.25, -0.2) is 0 Å². The first-order chi connectivity index (χ1) is 9.15. The minimum absolute atomic E-state index is 0.705. The Morgan fingerprint density at radius 3 is 2.26 bits per heavy atom. The van der Waals surface area contributed by atoms with E-state index in [1.807, 2.05) is 0 Å². The van der Waals surface area contributed by atoms with Crippen LogP contribution >= 0.6 is 0 Å². The number of nitrogens with zero attached hydrogens (tertiary/aromatic N) is 2. The maximum atomic E-state index is 3.76. The third kappa shape index (κ3) is 3.71. The second kappa shape index (κ2) is 7.05. The van der Waals surface area contributed by atoms with Crippen LogP contribution in [0.5, 0.6) is 0 Å². The number of piperazine rings is 1. The molecule has 0 aromatic heterocycles. The summed E-state index contributed by atoms with van der Waals surface area (Å²) in [5.74, 6) is 1.72. The summed E-state index contributed by atoms with van der Waals surface area (Å²) in [5, 5.41) is 3.76. The van der Waals surface area contributed by atoms with E-state index in [0.717, 1.165) is 24.4 Å². The number of hydrogen-bond donors (Lipinski definition) is 1. The predicted molar refractivity (Wildman–Crippen MR) is 82.5 cm³/mol. The van der Waals surface area contributed by atoms with Gasteiger partial charge in [-0.15, -0.1) is 0 Å². The van der Waals surface area contributed by atoms with E-state index >= 15 is 0 Å². The maximum Gasteiger partial charge on any atom is 0.0276 e. The molecule has 0 aromatic rings. The maximum absolute atomic E-state index is 3.76. The minimum atomic E-state index is 0.705. The predicted octanol–water partition coefficient (Wildman–Crippen LogP) is 2.04. The van der Waals surface area contributed by atoms with E-state index < -0.39 is 0 Å². The van der Waals surface area contributed by atoms with E-state index in [-0.39, 0.29) is 0 Å². The topological polar surface area (TPSA) is 18.5 Å². The van der Waals surface area contributed by atoms with Gasteiger partial charge in [0.15, 0.2) is 0 Å². The molecule has 3 heteroatoms. The normalized spacial score (nSPS) is 38.5. The number of rotatable bonds is 4. The molecule has 2 aliphatic rings. The second-order valence-electron chi connectivity index (χ2n) is 6.68. The number of likely N-dealkylation sites (N-methyl/N-ethyl adjacent to an activating group) is 2. The van der Waals surface area contributed by atoms with Crippen LogP contribution in [0.3, 0.4) is 0 Å². The average Bonchev–Trinajstić information content (AvgIpc) is 2.39. The van der Waals surface area contributed by atoms with Gasteiger partial charge in [-0.3, -0.25) is 4.90 Å². The molecule has 1 heterocycles. The van der Waals surface area contributed by atoms with Crippen LogP contribution in [0.25, 0.3) is 0 Å². The Morgan fingerprint density at radius 2 is 1.68 bits per heavy atom. The number of hydrogen-bond acceptors (Lipinski definition) is 3. The van der Waals surface area contributed by atoms with Crippen LogP contribution < -0.4 is 5.32 Å². The van der Waals surface area contributed by atoms with Gasteiger partial charge in [0.1, 0.15) is 0 Å². The quantitative estimate of drug-likeness (QED) is 0.841. The summed E-state index contributed by atoms with van der Waals surface area (Å²) in [6, 6.07) is 1.46. The molecule has 0 bridgehead atoms. The van der Waals surface area contributed by atoms with Crippen molar-refractivity contribution in [3.8, 4) is 0 Å². The van der Waals surface area contributed by atoms with Crippen LogP contribution in [-0.2, 0) is 0 Å². The lowest BCUT2D eigenvalue weighted by Gasteiger charge is -2.48. The summed E-state index contributed by atoms with van der Waals surface area (Å²) in [4.78, 5) is 5.35. The van der Waals surface area contributed by atoms with Crippen molar-refractivity contribution >= 4 is 0 Å². The van der Waals surface area contributed by atoms with Gasteiger partial charge in [-0.1, -0.05) is 27.7 Å². The van der Waals surface area contributed by atoms with Crippen LogP contribution in [-0.4, -0.2) is 61.2 Å². The smallest absolute Gasteiger partial charge is 0.0276 e. The van der Waals surface area contributed by atoms with E-state index in [2.05, 4.69) is 42.8 Å². The summed E-state index contributed by atoms with van der Waals surface area (Å²) < 4.78 is 0. The SMILES string of the molecule is CCNC1CC(C)CC(C)C1N1CCN(CC)CC1. The van der Waals surface area contributed by atoms with Crippen LogP contribution in [0, 0.1) is 11.8 Å². The molecule has 1 saturated heterocycles. The van der Waals surface area contributed by atoms with Gasteiger partial charge in [0.25, 0.3) is 0 Å². The summed E-state index contributed by atoms with van der Waals surface area (Å²) in [5.41, 5.74) is 0. The molecular weight excluding hydrogens is 234 g/mol. The highest BCUT2D eigenvalue weighted by Crippen LogP contribution is 2.32. The molecule has 1 aliphatic heterocycles. The average molecular weight is 267 g/mol. The molecule has 0 amide bonds. The lowest BCUT2D eigenvalue weighted by Crippen LogP contribution is -2.60. The first kappa shape index (κ1) is 15.3. The van der Waals surface area contributed by atoms with Crippen molar-refractivity contribution in [2.45, 2.75) is 52.6 Å². The molecule has 0 spiro atoms. The van der Waals surface area contributed by atoms with Gasteiger partial charge >= 0.3 is 0 Å². The Morgan fingerprint density at radius 1 is 1.00 bits per heavy atom. The van der Waals surface area contributed by atoms with Crippen LogP contribution in [0.1, 0.15) is 40.5 Å². The van der Waals surface area contributed by atoms with Crippen LogP contribution in [0.15, 0.2) is 0 Å². The first-order valence-corrected chi connectivity index (χ1v) is 8.35. The molecule has 112 valence electrons. The van der Waals surface area contributed by atoms with E-state index in [4.69, 9.17) is 0 Å². The Bertz CT molecular complexity index is 261. The van der Waals surface area contributed by atoms with Crippen LogP contribution in [0.2, 0.25) is 0 Å². The highest BCUT2D eigenvalue weighted by atomic mass is 15.3. The largest absolute Gasteiger partial charge is 0.313 e. The third-order valence-electron chi connectivity index (χ3n) is 5.17. The Kier molecular flexibility index (Phi) is 5.67. The minimum Gasteiger partial charge on any atom is -0.313 e. The lowest BCUT2D eigenvalue weighted by molar-refractivity contribution is 0.0254. The fraction of sp³-hybridized carbons (Fsp3) is 1.00. The zero-order valence-electron chi connectivity index (χ0n) is 13.4. The highest BCUT2D eigenvalue weighted by molar-refractivity contribution is 4.95.